The number of nitrogens with zero attached hydrogens (tertiary/aromatic N) is 3. The first kappa shape index (κ1) is 8.93. The lowest BCUT2D eigenvalue weighted by atomic mass is 10.1. The Morgan fingerprint density at radius 3 is 2.81 bits per heavy atom. The van der Waals surface area contributed by atoms with E-state index in [-0.39, 0.29) is 0 Å². The van der Waals surface area contributed by atoms with Crippen molar-refractivity contribution >= 4 is 21.9 Å². The fourth-order valence-corrected chi connectivity index (χ4v) is 2.06. The molecule has 76 valence electrons. The highest BCUT2D eigenvalue weighted by Gasteiger charge is 2.10. The van der Waals surface area contributed by atoms with Gasteiger partial charge in [-0.25, -0.2) is 4.98 Å². The van der Waals surface area contributed by atoms with E-state index in [0.29, 0.717) is 5.56 Å². The molecule has 2 heterocycles. The predicted molar refractivity (Wildman–Crippen MR) is 62.9 cm³/mol. The van der Waals surface area contributed by atoms with E-state index in [4.69, 9.17) is 0 Å². The van der Waals surface area contributed by atoms with Crippen LogP contribution in [0.25, 0.3) is 21.9 Å². The number of benzene rings is 1. The lowest BCUT2D eigenvalue weighted by molar-refractivity contribution is 0.967. The van der Waals surface area contributed by atoms with Gasteiger partial charge in [0.15, 0.2) is 0 Å². The number of para-hydroxylation sites is 1. The summed E-state index contributed by atoms with van der Waals surface area (Å²) in [6, 6.07) is 11.9. The zero-order chi connectivity index (χ0) is 11.1. The lowest BCUT2D eigenvalue weighted by Crippen LogP contribution is -1.92. The molecule has 3 rings (SSSR count). The highest BCUT2D eigenvalue weighted by atomic mass is 14.9. The van der Waals surface area contributed by atoms with E-state index in [1.807, 2.05) is 48.1 Å². The standard InChI is InChI=1S/C13H9N3/c1-16-7-6-12-13(16)10(8-14)9-4-2-3-5-11(9)15-12/h2-7H,1H3. The molecular formula is C13H9N3. The van der Waals surface area contributed by atoms with Gasteiger partial charge in [0.05, 0.1) is 22.1 Å². The largest absolute Gasteiger partial charge is 0.348 e. The van der Waals surface area contributed by atoms with Crippen molar-refractivity contribution in [3.63, 3.8) is 0 Å². The lowest BCUT2D eigenvalue weighted by Gasteiger charge is -2.03. The molecule has 0 fully saturated rings. The van der Waals surface area contributed by atoms with Crippen LogP contribution in [-0.4, -0.2) is 9.55 Å². The molecule has 0 spiro atoms. The molecule has 0 aliphatic rings. The average Bonchev–Trinajstić information content (AvgIpc) is 2.68. The summed E-state index contributed by atoms with van der Waals surface area (Å²) in [4.78, 5) is 4.54. The van der Waals surface area contributed by atoms with Gasteiger partial charge in [-0.3, -0.25) is 0 Å². The summed E-state index contributed by atoms with van der Waals surface area (Å²) < 4.78 is 1.94. The molecule has 0 bridgehead atoms. The van der Waals surface area contributed by atoms with Gasteiger partial charge < -0.3 is 4.57 Å². The molecule has 0 radical (unpaired) electrons. The summed E-state index contributed by atoms with van der Waals surface area (Å²) in [5.74, 6) is 0. The molecular weight excluding hydrogens is 198 g/mol. The van der Waals surface area contributed by atoms with Crippen molar-refractivity contribution in [2.75, 3.05) is 0 Å². The van der Waals surface area contributed by atoms with E-state index in [2.05, 4.69) is 11.1 Å². The van der Waals surface area contributed by atoms with Gasteiger partial charge in [0.2, 0.25) is 0 Å². The quantitative estimate of drug-likeness (QED) is 0.568. The molecule has 1 aromatic carbocycles. The first-order valence-corrected chi connectivity index (χ1v) is 5.05. The molecule has 0 amide bonds. The summed E-state index contributed by atoms with van der Waals surface area (Å²) in [6.07, 6.45) is 1.93. The fourth-order valence-electron chi connectivity index (χ4n) is 2.06. The van der Waals surface area contributed by atoms with Crippen molar-refractivity contribution < 1.29 is 0 Å². The monoisotopic (exact) mass is 207 g/mol. The van der Waals surface area contributed by atoms with Crippen LogP contribution in [-0.2, 0) is 7.05 Å². The zero-order valence-corrected chi connectivity index (χ0v) is 8.81. The van der Waals surface area contributed by atoms with Crippen LogP contribution in [0, 0.1) is 11.3 Å². The van der Waals surface area contributed by atoms with Crippen LogP contribution in [0.4, 0.5) is 0 Å². The maximum atomic E-state index is 9.29. The van der Waals surface area contributed by atoms with E-state index < -0.39 is 0 Å². The number of nitriles is 1. The molecule has 0 aliphatic heterocycles. The van der Waals surface area contributed by atoms with E-state index in [0.717, 1.165) is 21.9 Å². The first-order valence-electron chi connectivity index (χ1n) is 5.05. The topological polar surface area (TPSA) is 41.6 Å². The Labute approximate surface area is 92.6 Å². The smallest absolute Gasteiger partial charge is 0.102 e. The third-order valence-corrected chi connectivity index (χ3v) is 2.81. The Balaban J connectivity index is 2.66. The Morgan fingerprint density at radius 2 is 2.00 bits per heavy atom. The van der Waals surface area contributed by atoms with Gasteiger partial charge in [-0.1, -0.05) is 18.2 Å². The van der Waals surface area contributed by atoms with Gasteiger partial charge >= 0.3 is 0 Å². The molecule has 3 nitrogen and oxygen atoms in total. The number of aromatic nitrogens is 2. The van der Waals surface area contributed by atoms with E-state index in [1.54, 1.807) is 0 Å². The summed E-state index contributed by atoms with van der Waals surface area (Å²) in [5.41, 5.74) is 3.35. The molecule has 3 aromatic rings. The second-order valence-electron chi connectivity index (χ2n) is 3.78. The maximum absolute atomic E-state index is 9.29. The summed E-state index contributed by atoms with van der Waals surface area (Å²) in [7, 11) is 1.93. The second-order valence-corrected chi connectivity index (χ2v) is 3.78. The third-order valence-electron chi connectivity index (χ3n) is 2.81. The minimum Gasteiger partial charge on any atom is -0.348 e. The second kappa shape index (κ2) is 3.07. The summed E-state index contributed by atoms with van der Waals surface area (Å²) >= 11 is 0. The van der Waals surface area contributed by atoms with Gasteiger partial charge in [-0.05, 0) is 12.1 Å². The molecule has 0 saturated heterocycles. The molecule has 16 heavy (non-hydrogen) atoms. The zero-order valence-electron chi connectivity index (χ0n) is 8.81. The van der Waals surface area contributed by atoms with Crippen LogP contribution in [0.15, 0.2) is 36.5 Å². The fraction of sp³-hybridized carbons (Fsp3) is 0.0769. The average molecular weight is 207 g/mol. The molecule has 0 aliphatic carbocycles. The number of rotatable bonds is 0. The number of hydrogen-bond donors (Lipinski definition) is 0. The molecule has 0 unspecified atom stereocenters. The number of fused-ring (bicyclic) bond motifs is 2. The minimum atomic E-state index is 0.702. The normalized spacial score (nSPS) is 10.8. The first-order chi connectivity index (χ1) is 7.81. The van der Waals surface area contributed by atoms with E-state index >= 15 is 0 Å². The molecule has 3 heteroatoms. The highest BCUT2D eigenvalue weighted by molar-refractivity contribution is 5.98. The van der Waals surface area contributed by atoms with Crippen LogP contribution in [0.3, 0.4) is 0 Å². The predicted octanol–water partition coefficient (Wildman–Crippen LogP) is 2.60. The highest BCUT2D eigenvalue weighted by Crippen LogP contribution is 2.25. The molecule has 2 aromatic heterocycles. The van der Waals surface area contributed by atoms with Crippen LogP contribution in [0.1, 0.15) is 5.56 Å². The number of aryl methyl sites for hydroxylation is 1. The number of pyridine rings is 1. The van der Waals surface area contributed by atoms with E-state index in [9.17, 15) is 5.26 Å². The summed E-state index contributed by atoms with van der Waals surface area (Å²) in [6.45, 7) is 0. The van der Waals surface area contributed by atoms with Gasteiger partial charge in [-0.2, -0.15) is 5.26 Å². The van der Waals surface area contributed by atoms with Crippen LogP contribution >= 0.6 is 0 Å². The van der Waals surface area contributed by atoms with Crippen molar-refractivity contribution in [2.24, 2.45) is 7.05 Å². The van der Waals surface area contributed by atoms with Crippen LogP contribution < -0.4 is 0 Å². The van der Waals surface area contributed by atoms with Crippen molar-refractivity contribution in [2.45, 2.75) is 0 Å². The minimum absolute atomic E-state index is 0.702. The molecule has 0 atom stereocenters. The summed E-state index contributed by atoms with van der Waals surface area (Å²) in [5, 5.41) is 10.2. The third kappa shape index (κ3) is 1.04. The van der Waals surface area contributed by atoms with E-state index in [1.165, 1.54) is 0 Å². The van der Waals surface area contributed by atoms with Crippen LogP contribution in [0.2, 0.25) is 0 Å². The van der Waals surface area contributed by atoms with Gasteiger partial charge in [0.1, 0.15) is 6.07 Å². The molecule has 0 N–H and O–H groups in total. The van der Waals surface area contributed by atoms with Gasteiger partial charge in [0.25, 0.3) is 0 Å². The van der Waals surface area contributed by atoms with Gasteiger partial charge in [0, 0.05) is 18.6 Å². The van der Waals surface area contributed by atoms with Gasteiger partial charge in [-0.15, -0.1) is 0 Å². The number of hydrogen-bond acceptors (Lipinski definition) is 2. The van der Waals surface area contributed by atoms with Crippen molar-refractivity contribution in [3.05, 3.63) is 42.1 Å². The SMILES string of the molecule is Cn1ccc2nc3ccccc3c(C#N)c21. The van der Waals surface area contributed by atoms with Crippen molar-refractivity contribution in [1.29, 1.82) is 5.26 Å². The Hall–Kier alpha value is -2.34. The Kier molecular flexibility index (Phi) is 1.72. The van der Waals surface area contributed by atoms with Crippen molar-refractivity contribution in [3.8, 4) is 6.07 Å². The van der Waals surface area contributed by atoms with Crippen molar-refractivity contribution in [1.82, 2.24) is 9.55 Å². The Morgan fingerprint density at radius 1 is 1.19 bits per heavy atom. The molecule has 0 saturated carbocycles. The Bertz CT molecular complexity index is 732. The van der Waals surface area contributed by atoms with Crippen LogP contribution in [0.5, 0.6) is 0 Å². The maximum Gasteiger partial charge on any atom is 0.102 e.